The summed E-state index contributed by atoms with van der Waals surface area (Å²) in [5, 5.41) is 0. The predicted octanol–water partition coefficient (Wildman–Crippen LogP) is 1.84. The topological polar surface area (TPSA) is 63.7 Å². The largest absolute Gasteiger partial charge is 0.469 e. The van der Waals surface area contributed by atoms with Crippen LogP contribution in [0.3, 0.4) is 0 Å². The van der Waals surface area contributed by atoms with E-state index in [9.17, 15) is 13.2 Å². The molecule has 0 fully saturated rings. The van der Waals surface area contributed by atoms with Crippen LogP contribution < -0.4 is 0 Å². The highest BCUT2D eigenvalue weighted by Crippen LogP contribution is 2.29. The number of benzene rings is 1. The van der Waals surface area contributed by atoms with Gasteiger partial charge in [0.15, 0.2) is 0 Å². The van der Waals surface area contributed by atoms with E-state index in [-0.39, 0.29) is 16.8 Å². The summed E-state index contributed by atoms with van der Waals surface area (Å²) in [6, 6.07) is 6.77. The summed E-state index contributed by atoms with van der Waals surface area (Å²) in [5.74, 6) is -0.127. The second-order valence-corrected chi connectivity index (χ2v) is 7.65. The van der Waals surface area contributed by atoms with Crippen LogP contribution >= 0.6 is 11.8 Å². The Bertz CT molecular complexity index is 569. The van der Waals surface area contributed by atoms with Crippen molar-refractivity contribution >= 4 is 27.8 Å². The fourth-order valence-electron chi connectivity index (χ4n) is 1.46. The molecule has 0 aromatic heterocycles. The molecule has 0 bridgehead atoms. The van der Waals surface area contributed by atoms with Crippen LogP contribution in [0.25, 0.3) is 0 Å². The van der Waals surface area contributed by atoms with Gasteiger partial charge < -0.3 is 4.74 Å². The molecular weight excluding hydrogens is 298 g/mol. The Balaban J connectivity index is 2.96. The maximum Gasteiger partial charge on any atom is 0.309 e. The van der Waals surface area contributed by atoms with Crippen LogP contribution in [0.2, 0.25) is 0 Å². The van der Waals surface area contributed by atoms with Crippen molar-refractivity contribution in [3.8, 4) is 0 Å². The minimum atomic E-state index is -3.48. The molecule has 0 aliphatic rings. The van der Waals surface area contributed by atoms with Gasteiger partial charge in [0.2, 0.25) is 10.0 Å². The summed E-state index contributed by atoms with van der Waals surface area (Å²) < 4.78 is 30.3. The van der Waals surface area contributed by atoms with Crippen molar-refractivity contribution in [2.45, 2.75) is 16.7 Å². The second-order valence-electron chi connectivity index (χ2n) is 4.47. The van der Waals surface area contributed by atoms with E-state index in [0.29, 0.717) is 10.6 Å². The Morgan fingerprint density at radius 1 is 1.35 bits per heavy atom. The number of thioether (sulfide) groups is 1. The summed E-state index contributed by atoms with van der Waals surface area (Å²) in [5.41, 5.74) is 0. The van der Waals surface area contributed by atoms with Crippen molar-refractivity contribution in [2.75, 3.05) is 27.0 Å². The molecule has 20 heavy (non-hydrogen) atoms. The van der Waals surface area contributed by atoms with Gasteiger partial charge in [0.25, 0.3) is 0 Å². The third kappa shape index (κ3) is 3.97. The highest BCUT2D eigenvalue weighted by molar-refractivity contribution is 8.00. The van der Waals surface area contributed by atoms with Gasteiger partial charge in [-0.2, -0.15) is 0 Å². The third-order valence-corrected chi connectivity index (χ3v) is 6.04. The normalized spacial score (nSPS) is 13.2. The predicted molar refractivity (Wildman–Crippen MR) is 79.2 cm³/mol. The Kier molecular flexibility index (Phi) is 6.04. The van der Waals surface area contributed by atoms with E-state index in [1.165, 1.54) is 37.3 Å². The first-order valence-corrected chi connectivity index (χ1v) is 8.45. The fourth-order valence-corrected chi connectivity index (χ4v) is 3.87. The quantitative estimate of drug-likeness (QED) is 0.592. The second kappa shape index (κ2) is 7.10. The molecule has 0 spiro atoms. The maximum atomic E-state index is 12.2. The van der Waals surface area contributed by atoms with Gasteiger partial charge in [-0.1, -0.05) is 19.1 Å². The number of carbonyl (C=O) groups is 1. The highest BCUT2D eigenvalue weighted by Gasteiger charge is 2.22. The molecular formula is C13H19NO4S2. The molecule has 1 atom stereocenters. The lowest BCUT2D eigenvalue weighted by atomic mass is 10.2. The first-order valence-electron chi connectivity index (χ1n) is 6.03. The van der Waals surface area contributed by atoms with E-state index in [2.05, 4.69) is 4.74 Å². The molecule has 1 unspecified atom stereocenters. The molecule has 1 rings (SSSR count). The Morgan fingerprint density at radius 2 is 1.95 bits per heavy atom. The summed E-state index contributed by atoms with van der Waals surface area (Å²) in [6.45, 7) is 1.75. The SMILES string of the molecule is COC(=O)C(C)CSc1ccccc1S(=O)(=O)N(C)C. The number of nitrogens with zero attached hydrogens (tertiary/aromatic N) is 1. The van der Waals surface area contributed by atoms with E-state index in [1.807, 2.05) is 0 Å². The van der Waals surface area contributed by atoms with Crippen LogP contribution in [-0.2, 0) is 19.6 Å². The van der Waals surface area contributed by atoms with Crippen LogP contribution in [0.1, 0.15) is 6.92 Å². The molecule has 0 saturated heterocycles. The highest BCUT2D eigenvalue weighted by atomic mass is 32.2. The molecule has 0 radical (unpaired) electrons. The molecule has 0 aliphatic carbocycles. The standard InChI is InChI=1S/C13H19NO4S2/c1-10(13(15)18-4)9-19-11-7-5-6-8-12(11)20(16,17)14(2)3/h5-8,10H,9H2,1-4H3. The Labute approximate surface area is 124 Å². The van der Waals surface area contributed by atoms with Crippen LogP contribution in [0.4, 0.5) is 0 Å². The Hall–Kier alpha value is -1.05. The Morgan fingerprint density at radius 3 is 2.50 bits per heavy atom. The molecule has 0 amide bonds. The molecule has 0 heterocycles. The van der Waals surface area contributed by atoms with E-state index < -0.39 is 10.0 Å². The third-order valence-electron chi connectivity index (χ3n) is 2.70. The van der Waals surface area contributed by atoms with E-state index in [0.717, 1.165) is 0 Å². The summed E-state index contributed by atoms with van der Waals surface area (Å²) >= 11 is 1.34. The van der Waals surface area contributed by atoms with Crippen molar-refractivity contribution in [2.24, 2.45) is 5.92 Å². The van der Waals surface area contributed by atoms with Gasteiger partial charge >= 0.3 is 5.97 Å². The lowest BCUT2D eigenvalue weighted by Gasteiger charge is -2.15. The first kappa shape index (κ1) is 17.0. The van der Waals surface area contributed by atoms with E-state index >= 15 is 0 Å². The van der Waals surface area contributed by atoms with Gasteiger partial charge in [-0.25, -0.2) is 12.7 Å². The van der Waals surface area contributed by atoms with Gasteiger partial charge in [-0.05, 0) is 12.1 Å². The molecule has 0 aliphatic heterocycles. The van der Waals surface area contributed by atoms with Crippen LogP contribution in [0, 0.1) is 5.92 Å². The van der Waals surface area contributed by atoms with Gasteiger partial charge in [-0.15, -0.1) is 11.8 Å². The number of carbonyl (C=O) groups excluding carboxylic acids is 1. The molecule has 112 valence electrons. The monoisotopic (exact) mass is 317 g/mol. The fraction of sp³-hybridized carbons (Fsp3) is 0.462. The average Bonchev–Trinajstić information content (AvgIpc) is 2.43. The molecule has 0 N–H and O–H groups in total. The van der Waals surface area contributed by atoms with Crippen LogP contribution in [-0.4, -0.2) is 45.7 Å². The number of methoxy groups -OCH3 is 1. The minimum absolute atomic E-state index is 0.257. The van der Waals surface area contributed by atoms with Gasteiger partial charge in [0, 0.05) is 24.7 Å². The van der Waals surface area contributed by atoms with Crippen molar-refractivity contribution in [3.05, 3.63) is 24.3 Å². The molecule has 5 nitrogen and oxygen atoms in total. The smallest absolute Gasteiger partial charge is 0.309 e. The van der Waals surface area contributed by atoms with Crippen molar-refractivity contribution in [1.82, 2.24) is 4.31 Å². The summed E-state index contributed by atoms with van der Waals surface area (Å²) in [4.78, 5) is 12.3. The van der Waals surface area contributed by atoms with E-state index in [1.54, 1.807) is 31.2 Å². The first-order chi connectivity index (χ1) is 9.30. The number of rotatable bonds is 6. The summed E-state index contributed by atoms with van der Waals surface area (Å²) in [7, 11) is 0.844. The lowest BCUT2D eigenvalue weighted by molar-refractivity contribution is -0.143. The van der Waals surface area contributed by atoms with Crippen LogP contribution in [0.5, 0.6) is 0 Å². The van der Waals surface area contributed by atoms with Crippen molar-refractivity contribution < 1.29 is 17.9 Å². The van der Waals surface area contributed by atoms with Gasteiger partial charge in [0.1, 0.15) is 0 Å². The zero-order valence-corrected chi connectivity index (χ0v) is 13.6. The number of sulfonamides is 1. The molecule has 1 aromatic carbocycles. The summed E-state index contributed by atoms with van der Waals surface area (Å²) in [6.07, 6.45) is 0. The van der Waals surface area contributed by atoms with Gasteiger partial charge in [0.05, 0.1) is 17.9 Å². The van der Waals surface area contributed by atoms with E-state index in [4.69, 9.17) is 0 Å². The number of ether oxygens (including phenoxy) is 1. The minimum Gasteiger partial charge on any atom is -0.469 e. The van der Waals surface area contributed by atoms with Gasteiger partial charge in [-0.3, -0.25) is 4.79 Å². The maximum absolute atomic E-state index is 12.2. The van der Waals surface area contributed by atoms with Crippen molar-refractivity contribution in [3.63, 3.8) is 0 Å². The molecule has 1 aromatic rings. The zero-order valence-electron chi connectivity index (χ0n) is 12.0. The number of hydrogen-bond acceptors (Lipinski definition) is 5. The number of hydrogen-bond donors (Lipinski definition) is 0. The lowest BCUT2D eigenvalue weighted by Crippen LogP contribution is -2.23. The zero-order chi connectivity index (χ0) is 15.3. The molecule has 0 saturated carbocycles. The number of esters is 1. The van der Waals surface area contributed by atoms with Crippen molar-refractivity contribution in [1.29, 1.82) is 0 Å². The average molecular weight is 317 g/mol. The molecule has 7 heteroatoms. The van der Waals surface area contributed by atoms with Crippen LogP contribution in [0.15, 0.2) is 34.1 Å².